The molecule has 3 rings (SSSR count). The zero-order chi connectivity index (χ0) is 21.0. The predicted molar refractivity (Wildman–Crippen MR) is 112 cm³/mol. The number of halogens is 1. The van der Waals surface area contributed by atoms with Gasteiger partial charge in [-0.25, -0.2) is 12.8 Å². The van der Waals surface area contributed by atoms with E-state index in [0.29, 0.717) is 19.6 Å². The van der Waals surface area contributed by atoms with E-state index in [-0.39, 0.29) is 22.4 Å². The topological polar surface area (TPSA) is 85.5 Å². The Labute approximate surface area is 174 Å². The molecule has 2 aromatic rings. The zero-order valence-electron chi connectivity index (χ0n) is 16.4. The van der Waals surface area contributed by atoms with Crippen molar-refractivity contribution >= 4 is 27.7 Å². The fourth-order valence-corrected chi connectivity index (χ4v) is 5.73. The SMILES string of the molecule is CN(C)C(CNC(=O)c1cc(S(=O)(=O)N2CCSCC2)c[nH]1)c1ccc(F)cc1. The number of carbonyl (C=O) groups excluding carboxylic acids is 1. The fourth-order valence-electron chi connectivity index (χ4n) is 3.16. The van der Waals surface area contributed by atoms with Crippen LogP contribution in [0.4, 0.5) is 4.39 Å². The van der Waals surface area contributed by atoms with E-state index in [1.54, 1.807) is 23.9 Å². The number of thioether (sulfide) groups is 1. The standard InChI is InChI=1S/C19H25FN4O3S2/c1-23(2)18(14-3-5-15(20)6-4-14)13-22-19(25)17-11-16(12-21-17)29(26,27)24-7-9-28-10-8-24/h3-6,11-12,18,21H,7-10,13H2,1-2H3,(H,22,25). The van der Waals surface area contributed by atoms with Crippen LogP contribution in [-0.4, -0.2) is 73.7 Å². The molecule has 0 aliphatic carbocycles. The molecule has 1 aromatic heterocycles. The minimum absolute atomic E-state index is 0.0947. The number of sulfonamides is 1. The van der Waals surface area contributed by atoms with E-state index in [1.807, 2.05) is 19.0 Å². The van der Waals surface area contributed by atoms with Gasteiger partial charge in [-0.05, 0) is 37.9 Å². The molecule has 2 heterocycles. The molecular formula is C19H25FN4O3S2. The Morgan fingerprint density at radius 2 is 1.93 bits per heavy atom. The molecule has 0 spiro atoms. The monoisotopic (exact) mass is 440 g/mol. The van der Waals surface area contributed by atoms with Crippen LogP contribution < -0.4 is 5.32 Å². The number of H-pyrrole nitrogens is 1. The molecule has 10 heteroatoms. The van der Waals surface area contributed by atoms with Crippen LogP contribution in [0.3, 0.4) is 0 Å². The van der Waals surface area contributed by atoms with Gasteiger partial charge < -0.3 is 15.2 Å². The van der Waals surface area contributed by atoms with Crippen LogP contribution in [-0.2, 0) is 10.0 Å². The molecule has 1 amide bonds. The molecule has 1 aliphatic heterocycles. The summed E-state index contributed by atoms with van der Waals surface area (Å²) in [5.74, 6) is 0.829. The van der Waals surface area contributed by atoms with Crippen molar-refractivity contribution in [3.05, 3.63) is 53.6 Å². The maximum Gasteiger partial charge on any atom is 0.267 e. The molecule has 1 aliphatic rings. The van der Waals surface area contributed by atoms with E-state index < -0.39 is 15.9 Å². The number of likely N-dealkylation sites (N-methyl/N-ethyl adjacent to an activating group) is 1. The van der Waals surface area contributed by atoms with E-state index in [4.69, 9.17) is 0 Å². The van der Waals surface area contributed by atoms with E-state index in [0.717, 1.165) is 17.1 Å². The highest BCUT2D eigenvalue weighted by Crippen LogP contribution is 2.21. The quantitative estimate of drug-likeness (QED) is 0.687. The van der Waals surface area contributed by atoms with Gasteiger partial charge in [-0.3, -0.25) is 4.79 Å². The Morgan fingerprint density at radius 3 is 2.55 bits per heavy atom. The molecule has 1 saturated heterocycles. The Kier molecular flexibility index (Phi) is 6.99. The number of aromatic amines is 1. The number of nitrogens with one attached hydrogen (secondary N) is 2. The molecule has 0 saturated carbocycles. The maximum atomic E-state index is 13.2. The van der Waals surface area contributed by atoms with Gasteiger partial charge in [0.05, 0.1) is 6.04 Å². The number of carbonyl (C=O) groups is 1. The fraction of sp³-hybridized carbons (Fsp3) is 0.421. The van der Waals surface area contributed by atoms with E-state index in [9.17, 15) is 17.6 Å². The molecule has 0 radical (unpaired) electrons. The molecular weight excluding hydrogens is 415 g/mol. The number of hydrogen-bond donors (Lipinski definition) is 2. The molecule has 1 unspecified atom stereocenters. The molecule has 1 aromatic carbocycles. The van der Waals surface area contributed by atoms with Gasteiger partial charge in [-0.1, -0.05) is 12.1 Å². The van der Waals surface area contributed by atoms with Crippen molar-refractivity contribution in [3.8, 4) is 0 Å². The van der Waals surface area contributed by atoms with Gasteiger partial charge in [0.15, 0.2) is 0 Å². The summed E-state index contributed by atoms with van der Waals surface area (Å²) in [6, 6.07) is 7.35. The minimum Gasteiger partial charge on any atom is -0.356 e. The number of amides is 1. The first-order valence-electron chi connectivity index (χ1n) is 9.25. The second-order valence-corrected chi connectivity index (χ2v) is 10.2. The number of rotatable bonds is 7. The Morgan fingerprint density at radius 1 is 1.28 bits per heavy atom. The molecule has 2 N–H and O–H groups in total. The average molecular weight is 441 g/mol. The number of hydrogen-bond acceptors (Lipinski definition) is 5. The third kappa shape index (κ3) is 5.19. The van der Waals surface area contributed by atoms with Crippen LogP contribution in [0.15, 0.2) is 41.4 Å². The van der Waals surface area contributed by atoms with Crippen LogP contribution in [0.1, 0.15) is 22.1 Å². The first-order chi connectivity index (χ1) is 13.8. The Hall–Kier alpha value is -1.88. The lowest BCUT2D eigenvalue weighted by atomic mass is 10.1. The van der Waals surface area contributed by atoms with Crippen LogP contribution in [0.2, 0.25) is 0 Å². The second kappa shape index (κ2) is 9.29. The molecule has 1 atom stereocenters. The van der Waals surface area contributed by atoms with Crippen LogP contribution in [0.25, 0.3) is 0 Å². The van der Waals surface area contributed by atoms with Gasteiger partial charge in [0, 0.05) is 37.3 Å². The van der Waals surface area contributed by atoms with Crippen LogP contribution in [0, 0.1) is 5.82 Å². The highest BCUT2D eigenvalue weighted by molar-refractivity contribution is 7.99. The number of benzene rings is 1. The molecule has 158 valence electrons. The maximum absolute atomic E-state index is 13.2. The Balaban J connectivity index is 1.67. The number of aromatic nitrogens is 1. The Bertz CT molecular complexity index is 939. The van der Waals surface area contributed by atoms with Gasteiger partial charge in [-0.15, -0.1) is 0 Å². The lowest BCUT2D eigenvalue weighted by Gasteiger charge is -2.25. The lowest BCUT2D eigenvalue weighted by Crippen LogP contribution is -2.37. The highest BCUT2D eigenvalue weighted by atomic mass is 32.2. The van der Waals surface area contributed by atoms with Crippen molar-refractivity contribution in [2.45, 2.75) is 10.9 Å². The smallest absolute Gasteiger partial charge is 0.267 e. The summed E-state index contributed by atoms with van der Waals surface area (Å²) in [4.78, 5) is 17.3. The zero-order valence-corrected chi connectivity index (χ0v) is 18.0. The third-order valence-electron chi connectivity index (χ3n) is 4.84. The van der Waals surface area contributed by atoms with Crippen molar-refractivity contribution in [1.29, 1.82) is 0 Å². The minimum atomic E-state index is -3.60. The molecule has 29 heavy (non-hydrogen) atoms. The van der Waals surface area contributed by atoms with Gasteiger partial charge >= 0.3 is 0 Å². The summed E-state index contributed by atoms with van der Waals surface area (Å²) >= 11 is 1.73. The van der Waals surface area contributed by atoms with Gasteiger partial charge in [-0.2, -0.15) is 16.1 Å². The largest absolute Gasteiger partial charge is 0.356 e. The first kappa shape index (κ1) is 21.8. The van der Waals surface area contributed by atoms with Gasteiger partial charge in [0.2, 0.25) is 10.0 Å². The van der Waals surface area contributed by atoms with Crippen molar-refractivity contribution < 1.29 is 17.6 Å². The summed E-state index contributed by atoms with van der Waals surface area (Å²) in [7, 11) is 0.141. The van der Waals surface area contributed by atoms with Gasteiger partial charge in [0.1, 0.15) is 16.4 Å². The third-order valence-corrected chi connectivity index (χ3v) is 7.66. The van der Waals surface area contributed by atoms with Crippen molar-refractivity contribution in [3.63, 3.8) is 0 Å². The van der Waals surface area contributed by atoms with Crippen molar-refractivity contribution in [1.82, 2.24) is 19.5 Å². The molecule has 0 bridgehead atoms. The van der Waals surface area contributed by atoms with E-state index in [1.165, 1.54) is 28.7 Å². The number of nitrogens with zero attached hydrogens (tertiary/aromatic N) is 2. The predicted octanol–water partition coefficient (Wildman–Crippen LogP) is 1.92. The summed E-state index contributed by atoms with van der Waals surface area (Å²) in [6.07, 6.45) is 1.36. The van der Waals surface area contributed by atoms with Crippen molar-refractivity contribution in [2.75, 3.05) is 45.2 Å². The lowest BCUT2D eigenvalue weighted by molar-refractivity contribution is 0.0937. The van der Waals surface area contributed by atoms with E-state index >= 15 is 0 Å². The second-order valence-electron chi connectivity index (χ2n) is 7.01. The van der Waals surface area contributed by atoms with Crippen LogP contribution >= 0.6 is 11.8 Å². The summed E-state index contributed by atoms with van der Waals surface area (Å²) < 4.78 is 40.1. The van der Waals surface area contributed by atoms with E-state index in [2.05, 4.69) is 10.3 Å². The van der Waals surface area contributed by atoms with Gasteiger partial charge in [0.25, 0.3) is 5.91 Å². The average Bonchev–Trinajstić information content (AvgIpc) is 3.21. The van der Waals surface area contributed by atoms with Crippen LogP contribution in [0.5, 0.6) is 0 Å². The normalized spacial score (nSPS) is 16.7. The molecule has 7 nitrogen and oxygen atoms in total. The first-order valence-corrected chi connectivity index (χ1v) is 11.8. The summed E-state index contributed by atoms with van der Waals surface area (Å²) in [5.41, 5.74) is 1.06. The van der Waals surface area contributed by atoms with Crippen molar-refractivity contribution in [2.24, 2.45) is 0 Å². The molecule has 1 fully saturated rings. The summed E-state index contributed by atoms with van der Waals surface area (Å²) in [6.45, 7) is 1.24. The highest BCUT2D eigenvalue weighted by Gasteiger charge is 2.28. The summed E-state index contributed by atoms with van der Waals surface area (Å²) in [5, 5.41) is 2.82.